The molecule has 4 rings (SSSR count). The van der Waals surface area contributed by atoms with Crippen LogP contribution < -0.4 is 9.62 Å². The lowest BCUT2D eigenvalue weighted by atomic mass is 9.93. The van der Waals surface area contributed by atoms with Crippen molar-refractivity contribution in [3.63, 3.8) is 0 Å². The average Bonchev–Trinajstić information content (AvgIpc) is 2.83. The predicted molar refractivity (Wildman–Crippen MR) is 148 cm³/mol. The third-order valence-corrected chi connectivity index (χ3v) is 8.06. The molecule has 0 saturated carbocycles. The minimum absolute atomic E-state index is 0.107. The molecule has 196 valence electrons. The van der Waals surface area contributed by atoms with E-state index < -0.39 is 16.1 Å². The number of hydrogen-bond acceptors (Lipinski definition) is 5. The van der Waals surface area contributed by atoms with Crippen LogP contribution in [-0.2, 0) is 10.0 Å². The molecule has 1 unspecified atom stereocenters. The lowest BCUT2D eigenvalue weighted by Crippen LogP contribution is -2.61. The lowest BCUT2D eigenvalue weighted by molar-refractivity contribution is 0.0922. The number of halogens is 2. The first kappa shape index (κ1) is 27.4. The predicted octanol–water partition coefficient (Wildman–Crippen LogP) is 4.34. The third kappa shape index (κ3) is 6.45. The number of aliphatic hydroxyl groups is 1. The molecule has 10 heteroatoms. The molecule has 1 saturated heterocycles. The fourth-order valence-corrected chi connectivity index (χ4v) is 5.98. The summed E-state index contributed by atoms with van der Waals surface area (Å²) < 4.78 is 27.2. The van der Waals surface area contributed by atoms with Gasteiger partial charge in [0.05, 0.1) is 30.6 Å². The summed E-state index contributed by atoms with van der Waals surface area (Å²) in [4.78, 5) is 14.8. The van der Waals surface area contributed by atoms with Gasteiger partial charge in [-0.1, -0.05) is 53.5 Å². The number of aliphatic hydroxyl groups excluding tert-OH is 1. The number of carbonyl (C=O) groups excluding carboxylic acids is 1. The van der Waals surface area contributed by atoms with E-state index in [4.69, 9.17) is 23.2 Å². The van der Waals surface area contributed by atoms with Gasteiger partial charge in [-0.2, -0.15) is 0 Å². The third-order valence-electron chi connectivity index (χ3n) is 6.33. The Bertz CT molecular complexity index is 1300. The summed E-state index contributed by atoms with van der Waals surface area (Å²) in [6.45, 7) is 2.47. The van der Waals surface area contributed by atoms with Crippen molar-refractivity contribution in [3.8, 4) is 0 Å². The normalized spacial score (nSPS) is 15.3. The van der Waals surface area contributed by atoms with Crippen molar-refractivity contribution >= 4 is 44.8 Å². The fraction of sp³-hybridized carbons (Fsp3) is 0.296. The van der Waals surface area contributed by atoms with Crippen molar-refractivity contribution in [2.75, 3.05) is 30.3 Å². The standard InChI is InChI=1S/C27H29Cl2N3O4S/c1-18(17-33)30-27(34)21-4-3-5-24(14-21)32(37(2,35)36)25-15-31(16-25)26(19-6-10-22(28)11-7-19)20-8-12-23(29)13-9-20/h3-14,18,25-26,33H,15-17H2,1-2H3,(H,30,34). The molecule has 3 aromatic rings. The molecule has 1 atom stereocenters. The number of amides is 1. The van der Waals surface area contributed by atoms with Gasteiger partial charge in [0, 0.05) is 34.7 Å². The minimum Gasteiger partial charge on any atom is -0.394 e. The van der Waals surface area contributed by atoms with Crippen LogP contribution in [0, 0.1) is 0 Å². The molecule has 1 heterocycles. The highest BCUT2D eigenvalue weighted by Gasteiger charge is 2.40. The van der Waals surface area contributed by atoms with Gasteiger partial charge in [-0.3, -0.25) is 14.0 Å². The summed E-state index contributed by atoms with van der Waals surface area (Å²) in [6.07, 6.45) is 1.17. The summed E-state index contributed by atoms with van der Waals surface area (Å²) in [5.74, 6) is -0.377. The summed E-state index contributed by atoms with van der Waals surface area (Å²) in [5, 5.41) is 13.2. The molecular formula is C27H29Cl2N3O4S. The van der Waals surface area contributed by atoms with Crippen LogP contribution in [0.3, 0.4) is 0 Å². The topological polar surface area (TPSA) is 89.9 Å². The van der Waals surface area contributed by atoms with Gasteiger partial charge in [0.2, 0.25) is 10.0 Å². The number of hydrogen-bond donors (Lipinski definition) is 2. The Hall–Kier alpha value is -2.62. The van der Waals surface area contributed by atoms with Crippen LogP contribution >= 0.6 is 23.2 Å². The Morgan fingerprint density at radius 2 is 1.57 bits per heavy atom. The van der Waals surface area contributed by atoms with E-state index in [1.54, 1.807) is 31.2 Å². The van der Waals surface area contributed by atoms with Gasteiger partial charge >= 0.3 is 0 Å². The van der Waals surface area contributed by atoms with E-state index in [9.17, 15) is 18.3 Å². The Labute approximate surface area is 227 Å². The second-order valence-corrected chi connectivity index (χ2v) is 12.0. The highest BCUT2D eigenvalue weighted by molar-refractivity contribution is 7.92. The van der Waals surface area contributed by atoms with Gasteiger partial charge in [-0.15, -0.1) is 0 Å². The van der Waals surface area contributed by atoms with E-state index in [0.717, 1.165) is 11.1 Å². The SMILES string of the molecule is CC(CO)NC(=O)c1cccc(N(C2CN(C(c3ccc(Cl)cc3)c3ccc(Cl)cc3)C2)S(C)(=O)=O)c1. The van der Waals surface area contributed by atoms with Crippen LogP contribution in [0.4, 0.5) is 5.69 Å². The number of carbonyl (C=O) groups is 1. The molecule has 0 aliphatic carbocycles. The van der Waals surface area contributed by atoms with Gasteiger partial charge in [0.15, 0.2) is 0 Å². The minimum atomic E-state index is -3.64. The van der Waals surface area contributed by atoms with Gasteiger partial charge in [0.1, 0.15) is 0 Å². The highest BCUT2D eigenvalue weighted by Crippen LogP contribution is 2.36. The van der Waals surface area contributed by atoms with E-state index in [0.29, 0.717) is 34.4 Å². The Balaban J connectivity index is 1.60. The zero-order valence-corrected chi connectivity index (χ0v) is 22.8. The molecule has 37 heavy (non-hydrogen) atoms. The highest BCUT2D eigenvalue weighted by atomic mass is 35.5. The number of nitrogens with one attached hydrogen (secondary N) is 1. The van der Waals surface area contributed by atoms with Crippen LogP contribution in [0.5, 0.6) is 0 Å². The zero-order chi connectivity index (χ0) is 26.7. The van der Waals surface area contributed by atoms with Gasteiger partial charge in [0.25, 0.3) is 5.91 Å². The molecule has 0 radical (unpaired) electrons. The maximum atomic E-state index is 12.9. The summed E-state index contributed by atoms with van der Waals surface area (Å²) in [5.41, 5.74) is 2.81. The van der Waals surface area contributed by atoms with Crippen molar-refractivity contribution in [3.05, 3.63) is 99.5 Å². The Morgan fingerprint density at radius 1 is 1.03 bits per heavy atom. The molecule has 0 bridgehead atoms. The molecule has 2 N–H and O–H groups in total. The Kier molecular flexibility index (Phi) is 8.46. The van der Waals surface area contributed by atoms with Crippen LogP contribution in [-0.4, -0.2) is 62.4 Å². The molecule has 0 aromatic heterocycles. The van der Waals surface area contributed by atoms with Gasteiger partial charge < -0.3 is 10.4 Å². The van der Waals surface area contributed by atoms with E-state index in [-0.39, 0.29) is 24.6 Å². The zero-order valence-electron chi connectivity index (χ0n) is 20.5. The number of nitrogens with zero attached hydrogens (tertiary/aromatic N) is 2. The van der Waals surface area contributed by atoms with E-state index in [1.807, 2.05) is 48.5 Å². The monoisotopic (exact) mass is 561 g/mol. The fourth-order valence-electron chi connectivity index (χ4n) is 4.56. The van der Waals surface area contributed by atoms with Crippen molar-refractivity contribution in [1.29, 1.82) is 0 Å². The number of anilines is 1. The molecule has 7 nitrogen and oxygen atoms in total. The summed E-state index contributed by atoms with van der Waals surface area (Å²) in [6, 6.07) is 20.9. The number of benzene rings is 3. The van der Waals surface area contributed by atoms with Gasteiger partial charge in [-0.05, 0) is 60.5 Å². The van der Waals surface area contributed by atoms with Crippen molar-refractivity contribution in [2.24, 2.45) is 0 Å². The molecule has 1 aliphatic rings. The lowest BCUT2D eigenvalue weighted by Gasteiger charge is -2.48. The maximum Gasteiger partial charge on any atom is 0.251 e. The Morgan fingerprint density at radius 3 is 2.05 bits per heavy atom. The molecule has 3 aromatic carbocycles. The summed E-state index contributed by atoms with van der Waals surface area (Å²) >= 11 is 12.2. The maximum absolute atomic E-state index is 12.9. The quantitative estimate of drug-likeness (QED) is 0.405. The first-order valence-electron chi connectivity index (χ1n) is 11.8. The second kappa shape index (κ2) is 11.4. The van der Waals surface area contributed by atoms with E-state index in [1.165, 1.54) is 10.6 Å². The van der Waals surface area contributed by atoms with Gasteiger partial charge in [-0.25, -0.2) is 8.42 Å². The molecule has 1 aliphatic heterocycles. The number of likely N-dealkylation sites (tertiary alicyclic amines) is 1. The van der Waals surface area contributed by atoms with Crippen LogP contribution in [0.1, 0.15) is 34.5 Å². The van der Waals surface area contributed by atoms with E-state index >= 15 is 0 Å². The second-order valence-electron chi connectivity index (χ2n) is 9.28. The summed E-state index contributed by atoms with van der Waals surface area (Å²) in [7, 11) is -3.64. The first-order chi connectivity index (χ1) is 17.6. The number of sulfonamides is 1. The average molecular weight is 563 g/mol. The van der Waals surface area contributed by atoms with Crippen molar-refractivity contribution in [1.82, 2.24) is 10.2 Å². The molecular weight excluding hydrogens is 533 g/mol. The molecule has 0 spiro atoms. The molecule has 1 amide bonds. The van der Waals surface area contributed by atoms with Crippen LogP contribution in [0.2, 0.25) is 10.0 Å². The van der Waals surface area contributed by atoms with E-state index in [2.05, 4.69) is 10.2 Å². The van der Waals surface area contributed by atoms with Crippen LogP contribution in [0.15, 0.2) is 72.8 Å². The largest absolute Gasteiger partial charge is 0.394 e. The number of rotatable bonds is 9. The molecule has 1 fully saturated rings. The van der Waals surface area contributed by atoms with Crippen molar-refractivity contribution < 1.29 is 18.3 Å². The first-order valence-corrected chi connectivity index (χ1v) is 14.4. The smallest absolute Gasteiger partial charge is 0.251 e. The van der Waals surface area contributed by atoms with Crippen molar-refractivity contribution in [2.45, 2.75) is 25.0 Å². The van der Waals surface area contributed by atoms with Crippen LogP contribution in [0.25, 0.3) is 0 Å².